The largest absolute Gasteiger partial charge is 0.492 e. The Hall–Kier alpha value is -3.01. The minimum absolute atomic E-state index is 0.0873. The van der Waals surface area contributed by atoms with E-state index in [9.17, 15) is 9.59 Å². The van der Waals surface area contributed by atoms with E-state index >= 15 is 0 Å². The summed E-state index contributed by atoms with van der Waals surface area (Å²) in [5.41, 5.74) is 0.430. The molecule has 0 aliphatic rings. The van der Waals surface area contributed by atoms with E-state index in [1.54, 1.807) is 39.0 Å². The number of esters is 1. The monoisotopic (exact) mass is 528 g/mol. The maximum atomic E-state index is 12.7. The third-order valence-electron chi connectivity index (χ3n) is 5.70. The van der Waals surface area contributed by atoms with Gasteiger partial charge in [0.2, 0.25) is 0 Å². The summed E-state index contributed by atoms with van der Waals surface area (Å²) in [6.45, 7) is 12.6. The van der Waals surface area contributed by atoms with Gasteiger partial charge in [-0.25, -0.2) is 4.79 Å². The molecular formula is C31H48N2O5. The van der Waals surface area contributed by atoms with Crippen LogP contribution in [0.3, 0.4) is 0 Å². The predicted octanol–water partition coefficient (Wildman–Crippen LogP) is 7.39. The molecule has 7 nitrogen and oxygen atoms in total. The van der Waals surface area contributed by atoms with E-state index in [0.717, 1.165) is 57.8 Å². The second-order valence-corrected chi connectivity index (χ2v) is 10.5. The van der Waals surface area contributed by atoms with E-state index in [1.807, 2.05) is 0 Å². The quantitative estimate of drug-likeness (QED) is 0.0813. The van der Waals surface area contributed by atoms with Crippen molar-refractivity contribution in [3.63, 3.8) is 0 Å². The van der Waals surface area contributed by atoms with Crippen LogP contribution < -0.4 is 10.1 Å². The number of carbonyl (C=O) groups excluding carboxylic acids is 2. The van der Waals surface area contributed by atoms with Crippen molar-refractivity contribution in [2.45, 2.75) is 111 Å². The van der Waals surface area contributed by atoms with E-state index in [1.165, 1.54) is 0 Å². The Labute approximate surface area is 229 Å². The first-order valence-electron chi connectivity index (χ1n) is 14.1. The van der Waals surface area contributed by atoms with Crippen molar-refractivity contribution < 1.29 is 23.8 Å². The van der Waals surface area contributed by atoms with Crippen molar-refractivity contribution in [3.05, 3.63) is 29.3 Å². The summed E-state index contributed by atoms with van der Waals surface area (Å²) in [4.78, 5) is 24.8. The van der Waals surface area contributed by atoms with Gasteiger partial charge >= 0.3 is 12.1 Å². The molecule has 1 aromatic carbocycles. The molecule has 0 radical (unpaired) electrons. The van der Waals surface area contributed by atoms with Gasteiger partial charge in [-0.05, 0) is 58.2 Å². The van der Waals surface area contributed by atoms with Crippen LogP contribution in [0.2, 0.25) is 0 Å². The SMILES string of the molecule is CCCCCCC(CC#Cc1cc(C(=N)NC(=O)OC(C)(C)C)ccc1OCCCC)C(=O)OCCCC. The molecule has 0 heterocycles. The van der Waals surface area contributed by atoms with Gasteiger partial charge in [-0.1, -0.05) is 71.1 Å². The predicted molar refractivity (Wildman–Crippen MR) is 153 cm³/mol. The number of rotatable bonds is 15. The number of amides is 1. The maximum Gasteiger partial charge on any atom is 0.413 e. The van der Waals surface area contributed by atoms with Crippen LogP contribution in [0.15, 0.2) is 18.2 Å². The topological polar surface area (TPSA) is 97.7 Å². The zero-order chi connectivity index (χ0) is 28.4. The van der Waals surface area contributed by atoms with Crippen LogP contribution in [0, 0.1) is 23.2 Å². The van der Waals surface area contributed by atoms with Crippen molar-refractivity contribution in [3.8, 4) is 17.6 Å². The van der Waals surface area contributed by atoms with Gasteiger partial charge in [-0.3, -0.25) is 15.5 Å². The fraction of sp³-hybridized carbons (Fsp3) is 0.645. The third-order valence-corrected chi connectivity index (χ3v) is 5.70. The van der Waals surface area contributed by atoms with Crippen LogP contribution in [0.1, 0.15) is 117 Å². The van der Waals surface area contributed by atoms with Gasteiger partial charge in [0.05, 0.1) is 24.7 Å². The molecule has 0 aromatic heterocycles. The number of ether oxygens (including phenoxy) is 3. The lowest BCUT2D eigenvalue weighted by atomic mass is 9.97. The average Bonchev–Trinajstić information content (AvgIpc) is 2.85. The van der Waals surface area contributed by atoms with Crippen LogP contribution in [-0.2, 0) is 14.3 Å². The first kappa shape index (κ1) is 33.0. The second-order valence-electron chi connectivity index (χ2n) is 10.5. The standard InChI is InChI=1S/C31H48N2O5/c1-7-10-13-14-16-24(29(34)37-22-12-9-3)17-15-18-25-23-26(19-20-27(25)36-21-11-8-2)28(32)33-30(35)38-31(4,5)6/h19-20,23-24H,7-14,16-17,21-22H2,1-6H3,(H2,32,33,35). The molecule has 0 saturated heterocycles. The molecule has 0 aliphatic heterocycles. The van der Waals surface area contributed by atoms with Crippen molar-refractivity contribution >= 4 is 17.9 Å². The number of carbonyl (C=O) groups is 2. The Morgan fingerprint density at radius 1 is 0.974 bits per heavy atom. The molecule has 0 aliphatic carbocycles. The number of alkyl carbamates (subject to hydrolysis) is 1. The minimum Gasteiger partial charge on any atom is -0.492 e. The number of amidine groups is 1. The highest BCUT2D eigenvalue weighted by molar-refractivity contribution is 6.04. The Balaban J connectivity index is 3.08. The molecule has 0 fully saturated rings. The molecule has 1 aromatic rings. The number of hydrogen-bond acceptors (Lipinski definition) is 6. The van der Waals surface area contributed by atoms with Crippen LogP contribution in [0.4, 0.5) is 4.79 Å². The van der Waals surface area contributed by atoms with Crippen molar-refractivity contribution in [2.75, 3.05) is 13.2 Å². The molecule has 0 spiro atoms. The van der Waals surface area contributed by atoms with Gasteiger partial charge in [-0.15, -0.1) is 0 Å². The average molecular weight is 529 g/mol. The Morgan fingerprint density at radius 3 is 2.32 bits per heavy atom. The first-order valence-corrected chi connectivity index (χ1v) is 14.1. The Bertz CT molecular complexity index is 940. The highest BCUT2D eigenvalue weighted by Gasteiger charge is 2.20. The van der Waals surface area contributed by atoms with Gasteiger partial charge in [0, 0.05) is 12.0 Å². The van der Waals surface area contributed by atoms with Gasteiger partial charge in [0.25, 0.3) is 0 Å². The van der Waals surface area contributed by atoms with E-state index in [4.69, 9.17) is 19.6 Å². The van der Waals surface area contributed by atoms with E-state index < -0.39 is 11.7 Å². The summed E-state index contributed by atoms with van der Waals surface area (Å²) in [7, 11) is 0. The summed E-state index contributed by atoms with van der Waals surface area (Å²) in [5, 5.41) is 10.8. The molecule has 212 valence electrons. The molecule has 1 unspecified atom stereocenters. The van der Waals surface area contributed by atoms with Crippen LogP contribution >= 0.6 is 0 Å². The molecule has 38 heavy (non-hydrogen) atoms. The summed E-state index contributed by atoms with van der Waals surface area (Å²) >= 11 is 0. The van der Waals surface area contributed by atoms with Crippen molar-refractivity contribution in [1.82, 2.24) is 5.32 Å². The van der Waals surface area contributed by atoms with Crippen molar-refractivity contribution in [1.29, 1.82) is 5.41 Å². The lowest BCUT2D eigenvalue weighted by molar-refractivity contribution is -0.148. The smallest absolute Gasteiger partial charge is 0.413 e. The maximum absolute atomic E-state index is 12.7. The highest BCUT2D eigenvalue weighted by Crippen LogP contribution is 2.21. The van der Waals surface area contributed by atoms with Crippen LogP contribution in [0.25, 0.3) is 0 Å². The minimum atomic E-state index is -0.689. The van der Waals surface area contributed by atoms with Gasteiger partial charge in [0.15, 0.2) is 0 Å². The first-order chi connectivity index (χ1) is 18.1. The molecule has 7 heteroatoms. The summed E-state index contributed by atoms with van der Waals surface area (Å²) in [6.07, 6.45) is 8.55. The normalized spacial score (nSPS) is 11.6. The van der Waals surface area contributed by atoms with E-state index in [-0.39, 0.29) is 17.7 Å². The van der Waals surface area contributed by atoms with E-state index in [2.05, 4.69) is 37.9 Å². The van der Waals surface area contributed by atoms with E-state index in [0.29, 0.717) is 36.5 Å². The second kappa shape index (κ2) is 18.3. The van der Waals surface area contributed by atoms with Crippen LogP contribution in [0.5, 0.6) is 5.75 Å². The van der Waals surface area contributed by atoms with Crippen molar-refractivity contribution in [2.24, 2.45) is 5.92 Å². The molecule has 1 atom stereocenters. The summed E-state index contributed by atoms with van der Waals surface area (Å²) in [5.74, 6) is 6.41. The van der Waals surface area contributed by atoms with Gasteiger partial charge < -0.3 is 14.2 Å². The molecule has 0 bridgehead atoms. The summed E-state index contributed by atoms with van der Waals surface area (Å²) in [6, 6.07) is 5.21. The lowest BCUT2D eigenvalue weighted by Crippen LogP contribution is -2.36. The molecule has 1 amide bonds. The van der Waals surface area contributed by atoms with Gasteiger partial charge in [-0.2, -0.15) is 0 Å². The fourth-order valence-electron chi connectivity index (χ4n) is 3.54. The Kier molecular flexibility index (Phi) is 15.9. The number of unbranched alkanes of at least 4 members (excludes halogenated alkanes) is 5. The lowest BCUT2D eigenvalue weighted by Gasteiger charge is -2.20. The number of nitrogens with one attached hydrogen (secondary N) is 2. The fourth-order valence-corrected chi connectivity index (χ4v) is 3.54. The zero-order valence-electron chi connectivity index (χ0n) is 24.3. The number of hydrogen-bond donors (Lipinski definition) is 2. The third kappa shape index (κ3) is 14.1. The summed E-state index contributed by atoms with van der Waals surface area (Å²) < 4.78 is 16.7. The molecule has 2 N–H and O–H groups in total. The number of benzene rings is 1. The van der Waals surface area contributed by atoms with Gasteiger partial charge in [0.1, 0.15) is 17.2 Å². The molecular weight excluding hydrogens is 480 g/mol. The highest BCUT2D eigenvalue weighted by atomic mass is 16.6. The Morgan fingerprint density at radius 2 is 1.66 bits per heavy atom. The van der Waals surface area contributed by atoms with Crippen LogP contribution in [-0.4, -0.2) is 36.7 Å². The zero-order valence-corrected chi connectivity index (χ0v) is 24.3. The molecule has 1 rings (SSSR count). The molecule has 0 saturated carbocycles.